The summed E-state index contributed by atoms with van der Waals surface area (Å²) in [7, 11) is 0. The molecule has 2 aromatic rings. The molecule has 2 aromatic carbocycles. The Morgan fingerprint density at radius 1 is 1.04 bits per heavy atom. The van der Waals surface area contributed by atoms with Gasteiger partial charge in [0.2, 0.25) is 0 Å². The van der Waals surface area contributed by atoms with E-state index in [0.717, 1.165) is 31.5 Å². The Hall–Kier alpha value is -2.04. The van der Waals surface area contributed by atoms with Crippen molar-refractivity contribution in [3.05, 3.63) is 63.1 Å². The summed E-state index contributed by atoms with van der Waals surface area (Å²) in [5.41, 5.74) is 2.11. The fraction of sp³-hybridized carbons (Fsp3) is 0.263. The van der Waals surface area contributed by atoms with Crippen LogP contribution < -0.4 is 5.32 Å². The maximum absolute atomic E-state index is 12.9. The molecule has 2 amide bonds. The Labute approximate surface area is 156 Å². The highest BCUT2D eigenvalue weighted by Crippen LogP contribution is 2.28. The molecule has 1 heterocycles. The minimum absolute atomic E-state index is 0.0527. The summed E-state index contributed by atoms with van der Waals surface area (Å²) in [6.07, 6.45) is 2.02. The van der Waals surface area contributed by atoms with Crippen molar-refractivity contribution in [2.75, 3.05) is 18.4 Å². The lowest BCUT2D eigenvalue weighted by Gasteiger charge is -2.20. The zero-order chi connectivity index (χ0) is 18.0. The number of hydrogen-bond donors (Lipinski definition) is 1. The van der Waals surface area contributed by atoms with Gasteiger partial charge in [-0.1, -0.05) is 41.4 Å². The highest BCUT2D eigenvalue weighted by atomic mass is 35.5. The van der Waals surface area contributed by atoms with Crippen molar-refractivity contribution >= 4 is 40.7 Å². The number of halogens is 2. The molecule has 0 radical (unpaired) electrons. The molecule has 0 bridgehead atoms. The van der Waals surface area contributed by atoms with Crippen LogP contribution in [0.2, 0.25) is 10.0 Å². The molecule has 25 heavy (non-hydrogen) atoms. The quantitative estimate of drug-likeness (QED) is 0.836. The molecule has 0 unspecified atom stereocenters. The van der Waals surface area contributed by atoms with Crippen LogP contribution in [-0.2, 0) is 0 Å². The molecule has 1 fully saturated rings. The van der Waals surface area contributed by atoms with Gasteiger partial charge in [-0.15, -0.1) is 0 Å². The van der Waals surface area contributed by atoms with Gasteiger partial charge in [-0.25, -0.2) is 0 Å². The van der Waals surface area contributed by atoms with E-state index in [4.69, 9.17) is 23.2 Å². The van der Waals surface area contributed by atoms with Gasteiger partial charge < -0.3 is 10.2 Å². The van der Waals surface area contributed by atoms with Crippen LogP contribution in [0.1, 0.15) is 39.1 Å². The molecule has 4 nitrogen and oxygen atoms in total. The summed E-state index contributed by atoms with van der Waals surface area (Å²) in [5.74, 6) is -0.448. The first-order valence-corrected chi connectivity index (χ1v) is 8.89. The van der Waals surface area contributed by atoms with Gasteiger partial charge in [-0.2, -0.15) is 0 Å². The molecule has 1 aliphatic rings. The predicted octanol–water partition coefficient (Wildman–Crippen LogP) is 4.79. The molecule has 0 spiro atoms. The minimum atomic E-state index is -0.395. The Balaban J connectivity index is 1.92. The van der Waals surface area contributed by atoms with E-state index in [-0.39, 0.29) is 16.5 Å². The van der Waals surface area contributed by atoms with Gasteiger partial charge in [-0.05, 0) is 43.5 Å². The monoisotopic (exact) mass is 376 g/mol. The van der Waals surface area contributed by atoms with Gasteiger partial charge in [0.1, 0.15) is 0 Å². The summed E-state index contributed by atoms with van der Waals surface area (Å²) < 4.78 is 0. The molecular weight excluding hydrogens is 359 g/mol. The number of benzene rings is 2. The van der Waals surface area contributed by atoms with E-state index in [9.17, 15) is 9.59 Å². The normalized spacial score (nSPS) is 13.8. The van der Waals surface area contributed by atoms with Gasteiger partial charge in [-0.3, -0.25) is 9.59 Å². The van der Waals surface area contributed by atoms with Crippen LogP contribution in [-0.4, -0.2) is 29.8 Å². The highest BCUT2D eigenvalue weighted by Gasteiger charge is 2.24. The SMILES string of the molecule is Cc1cccc(NC(=O)c2cccc(Cl)c2Cl)c1C(=O)N1CCCC1. The number of hydrogen-bond acceptors (Lipinski definition) is 2. The first-order valence-electron chi connectivity index (χ1n) is 8.13. The number of aryl methyl sites for hydroxylation is 1. The van der Waals surface area contributed by atoms with Crippen molar-refractivity contribution in [2.45, 2.75) is 19.8 Å². The van der Waals surface area contributed by atoms with Gasteiger partial charge >= 0.3 is 0 Å². The van der Waals surface area contributed by atoms with Crippen molar-refractivity contribution in [2.24, 2.45) is 0 Å². The van der Waals surface area contributed by atoms with Crippen LogP contribution in [0.4, 0.5) is 5.69 Å². The maximum Gasteiger partial charge on any atom is 0.257 e. The number of carbonyl (C=O) groups excluding carboxylic acids is 2. The fourth-order valence-corrected chi connectivity index (χ4v) is 3.39. The van der Waals surface area contributed by atoms with E-state index < -0.39 is 5.91 Å². The van der Waals surface area contributed by atoms with E-state index in [1.807, 2.05) is 24.0 Å². The van der Waals surface area contributed by atoms with E-state index in [0.29, 0.717) is 16.3 Å². The van der Waals surface area contributed by atoms with Gasteiger partial charge in [0.25, 0.3) is 11.8 Å². The lowest BCUT2D eigenvalue weighted by Crippen LogP contribution is -2.29. The minimum Gasteiger partial charge on any atom is -0.339 e. The predicted molar refractivity (Wildman–Crippen MR) is 101 cm³/mol. The number of nitrogens with one attached hydrogen (secondary N) is 1. The zero-order valence-corrected chi connectivity index (χ0v) is 15.3. The highest BCUT2D eigenvalue weighted by molar-refractivity contribution is 6.44. The van der Waals surface area contributed by atoms with Crippen LogP contribution >= 0.6 is 23.2 Å². The molecule has 1 aliphatic heterocycles. The van der Waals surface area contributed by atoms with Crippen molar-refractivity contribution < 1.29 is 9.59 Å². The Morgan fingerprint density at radius 2 is 1.72 bits per heavy atom. The van der Waals surface area contributed by atoms with Crippen LogP contribution in [0.25, 0.3) is 0 Å². The largest absolute Gasteiger partial charge is 0.339 e. The molecule has 6 heteroatoms. The average molecular weight is 377 g/mol. The van der Waals surface area contributed by atoms with Crippen LogP contribution in [0.15, 0.2) is 36.4 Å². The second kappa shape index (κ2) is 7.46. The van der Waals surface area contributed by atoms with E-state index >= 15 is 0 Å². The average Bonchev–Trinajstić information content (AvgIpc) is 3.11. The molecule has 1 saturated heterocycles. The number of carbonyl (C=O) groups is 2. The lowest BCUT2D eigenvalue weighted by molar-refractivity contribution is 0.0793. The topological polar surface area (TPSA) is 49.4 Å². The van der Waals surface area contributed by atoms with Crippen molar-refractivity contribution in [1.29, 1.82) is 0 Å². The van der Waals surface area contributed by atoms with E-state index in [1.54, 1.807) is 24.3 Å². The molecule has 0 atom stereocenters. The summed E-state index contributed by atoms with van der Waals surface area (Å²) in [4.78, 5) is 27.3. The number of rotatable bonds is 3. The summed E-state index contributed by atoms with van der Waals surface area (Å²) >= 11 is 12.1. The molecule has 0 aromatic heterocycles. The first-order chi connectivity index (χ1) is 12.0. The summed E-state index contributed by atoms with van der Waals surface area (Å²) in [6.45, 7) is 3.37. The van der Waals surface area contributed by atoms with Gasteiger partial charge in [0.15, 0.2) is 0 Å². The third-order valence-corrected chi connectivity index (χ3v) is 5.14. The molecule has 3 rings (SSSR count). The molecule has 1 N–H and O–H groups in total. The van der Waals surface area contributed by atoms with Gasteiger partial charge in [0, 0.05) is 13.1 Å². The Morgan fingerprint density at radius 3 is 2.44 bits per heavy atom. The standard InChI is InChI=1S/C19H18Cl2N2O2/c1-12-6-4-9-15(16(12)19(25)23-10-2-3-11-23)22-18(24)13-7-5-8-14(20)17(13)21/h4-9H,2-3,10-11H2,1H3,(H,22,24). The number of anilines is 1. The second-order valence-electron chi connectivity index (χ2n) is 6.05. The van der Waals surface area contributed by atoms with Crippen molar-refractivity contribution in [3.63, 3.8) is 0 Å². The van der Waals surface area contributed by atoms with Crippen molar-refractivity contribution in [3.8, 4) is 0 Å². The lowest BCUT2D eigenvalue weighted by atomic mass is 10.0. The fourth-order valence-electron chi connectivity index (χ4n) is 3.00. The maximum atomic E-state index is 12.9. The first kappa shape index (κ1) is 17.8. The van der Waals surface area contributed by atoms with Crippen molar-refractivity contribution in [1.82, 2.24) is 4.90 Å². The Kier molecular flexibility index (Phi) is 5.30. The molecule has 0 aliphatic carbocycles. The number of likely N-dealkylation sites (tertiary alicyclic amines) is 1. The smallest absolute Gasteiger partial charge is 0.257 e. The van der Waals surface area contributed by atoms with Crippen LogP contribution in [0.5, 0.6) is 0 Å². The van der Waals surface area contributed by atoms with E-state index in [2.05, 4.69) is 5.32 Å². The van der Waals surface area contributed by atoms with Gasteiger partial charge in [0.05, 0.1) is 26.9 Å². The third kappa shape index (κ3) is 3.65. The number of amides is 2. The number of nitrogens with zero attached hydrogens (tertiary/aromatic N) is 1. The molecule has 0 saturated carbocycles. The Bertz CT molecular complexity index is 830. The molecular formula is C19H18Cl2N2O2. The summed E-state index contributed by atoms with van der Waals surface area (Å²) in [6, 6.07) is 10.3. The summed E-state index contributed by atoms with van der Waals surface area (Å²) in [5, 5.41) is 3.32. The van der Waals surface area contributed by atoms with E-state index in [1.165, 1.54) is 0 Å². The second-order valence-corrected chi connectivity index (χ2v) is 6.84. The zero-order valence-electron chi connectivity index (χ0n) is 13.8. The van der Waals surface area contributed by atoms with Crippen LogP contribution in [0.3, 0.4) is 0 Å². The molecule has 130 valence electrons. The van der Waals surface area contributed by atoms with Crippen LogP contribution in [0, 0.1) is 6.92 Å². The third-order valence-electron chi connectivity index (χ3n) is 4.32.